The van der Waals surface area contributed by atoms with Crippen LogP contribution < -0.4 is 10.6 Å². The first kappa shape index (κ1) is 20.4. The van der Waals surface area contributed by atoms with Gasteiger partial charge in [0.2, 0.25) is 0 Å². The first-order valence-electron chi connectivity index (χ1n) is 8.11. The van der Waals surface area contributed by atoms with E-state index in [9.17, 15) is 4.79 Å². The second-order valence-corrected chi connectivity index (χ2v) is 4.79. The molecule has 0 aliphatic rings. The van der Waals surface area contributed by atoms with Crippen molar-refractivity contribution in [1.82, 2.24) is 10.6 Å². The summed E-state index contributed by atoms with van der Waals surface area (Å²) >= 11 is 0. The third-order valence-electron chi connectivity index (χ3n) is 2.72. The number of hydrogen-bond donors (Lipinski definition) is 2. The molecule has 22 heavy (non-hydrogen) atoms. The number of rotatable bonds is 12. The minimum Gasteiger partial charge on any atom is -0.441 e. The SMILES string of the molecule is CCCCNC#COCC(COCC)OC(=O)NCCCC. The molecule has 0 rings (SSSR count). The highest BCUT2D eigenvalue weighted by Crippen LogP contribution is 1.97. The summed E-state index contributed by atoms with van der Waals surface area (Å²) in [7, 11) is 0. The van der Waals surface area contributed by atoms with Crippen LogP contribution in [0.15, 0.2) is 0 Å². The van der Waals surface area contributed by atoms with E-state index in [1.54, 1.807) is 0 Å². The Morgan fingerprint density at radius 3 is 2.50 bits per heavy atom. The van der Waals surface area contributed by atoms with E-state index in [4.69, 9.17) is 14.2 Å². The summed E-state index contributed by atoms with van der Waals surface area (Å²) in [5.41, 5.74) is 0. The molecule has 6 heteroatoms. The van der Waals surface area contributed by atoms with E-state index < -0.39 is 12.2 Å². The van der Waals surface area contributed by atoms with Crippen LogP contribution in [0.25, 0.3) is 0 Å². The normalized spacial score (nSPS) is 11.0. The smallest absolute Gasteiger partial charge is 0.407 e. The van der Waals surface area contributed by atoms with Crippen LogP contribution in [0.2, 0.25) is 0 Å². The maximum atomic E-state index is 11.6. The fourth-order valence-corrected chi connectivity index (χ4v) is 1.46. The summed E-state index contributed by atoms with van der Waals surface area (Å²) in [6.07, 6.45) is 5.77. The van der Waals surface area contributed by atoms with Crippen molar-refractivity contribution >= 4 is 6.09 Å². The van der Waals surface area contributed by atoms with Gasteiger partial charge in [-0.05, 0) is 19.8 Å². The molecule has 1 atom stereocenters. The molecule has 2 N–H and O–H groups in total. The summed E-state index contributed by atoms with van der Waals surface area (Å²) in [4.78, 5) is 11.6. The number of unbranched alkanes of at least 4 members (excludes halogenated alkanes) is 2. The zero-order valence-corrected chi connectivity index (χ0v) is 14.1. The quantitative estimate of drug-likeness (QED) is 0.328. The number of carbonyl (C=O) groups is 1. The first-order valence-corrected chi connectivity index (χ1v) is 8.11. The number of ether oxygens (including phenoxy) is 3. The van der Waals surface area contributed by atoms with E-state index in [0.29, 0.717) is 19.8 Å². The Bertz CT molecular complexity index is 326. The summed E-state index contributed by atoms with van der Waals surface area (Å²) in [6.45, 7) is 8.55. The Hall–Kier alpha value is -1.61. The van der Waals surface area contributed by atoms with Crippen molar-refractivity contribution < 1.29 is 19.0 Å². The molecule has 0 radical (unpaired) electrons. The van der Waals surface area contributed by atoms with Crippen LogP contribution in [-0.4, -0.2) is 45.1 Å². The highest BCUT2D eigenvalue weighted by atomic mass is 16.6. The molecule has 0 bridgehead atoms. The molecular weight excluding hydrogens is 284 g/mol. The number of hydrogen-bond acceptors (Lipinski definition) is 5. The summed E-state index contributed by atoms with van der Waals surface area (Å²) in [5.74, 6) is 0. The Kier molecular flexibility index (Phi) is 14.6. The highest BCUT2D eigenvalue weighted by Gasteiger charge is 2.14. The zero-order valence-electron chi connectivity index (χ0n) is 14.1. The van der Waals surface area contributed by atoms with Crippen LogP contribution in [0.1, 0.15) is 46.5 Å². The van der Waals surface area contributed by atoms with E-state index in [-0.39, 0.29) is 6.61 Å². The van der Waals surface area contributed by atoms with Crippen molar-refractivity contribution in [3.8, 4) is 12.2 Å². The summed E-state index contributed by atoms with van der Waals surface area (Å²) < 4.78 is 15.7. The van der Waals surface area contributed by atoms with Crippen molar-refractivity contribution in [3.05, 3.63) is 0 Å². The third-order valence-corrected chi connectivity index (χ3v) is 2.72. The molecule has 1 unspecified atom stereocenters. The van der Waals surface area contributed by atoms with Crippen molar-refractivity contribution in [2.75, 3.05) is 32.9 Å². The van der Waals surface area contributed by atoms with Gasteiger partial charge in [-0.1, -0.05) is 26.7 Å². The first-order chi connectivity index (χ1) is 10.7. The minimum absolute atomic E-state index is 0.184. The van der Waals surface area contributed by atoms with Crippen molar-refractivity contribution in [1.29, 1.82) is 0 Å². The zero-order chi connectivity index (χ0) is 16.5. The Morgan fingerprint density at radius 1 is 1.09 bits per heavy atom. The number of alkyl carbamates (subject to hydrolysis) is 1. The third kappa shape index (κ3) is 13.4. The molecule has 0 aliphatic carbocycles. The molecule has 0 heterocycles. The fraction of sp³-hybridized carbons (Fsp3) is 0.812. The van der Waals surface area contributed by atoms with Gasteiger partial charge in [-0.3, -0.25) is 0 Å². The van der Waals surface area contributed by atoms with Crippen molar-refractivity contribution in [2.24, 2.45) is 0 Å². The van der Waals surface area contributed by atoms with E-state index in [2.05, 4.69) is 36.6 Å². The number of amides is 1. The van der Waals surface area contributed by atoms with Crippen LogP contribution in [0.5, 0.6) is 0 Å². The van der Waals surface area contributed by atoms with Crippen LogP contribution >= 0.6 is 0 Å². The molecule has 0 aromatic rings. The predicted molar refractivity (Wildman–Crippen MR) is 86.3 cm³/mol. The molecule has 0 fully saturated rings. The lowest BCUT2D eigenvalue weighted by Crippen LogP contribution is -2.34. The lowest BCUT2D eigenvalue weighted by molar-refractivity contribution is -0.00378. The molecule has 6 nitrogen and oxygen atoms in total. The molecule has 0 saturated heterocycles. The predicted octanol–water partition coefficient (Wildman–Crippen LogP) is 2.24. The van der Waals surface area contributed by atoms with Gasteiger partial charge in [-0.2, -0.15) is 0 Å². The Labute approximate surface area is 134 Å². The van der Waals surface area contributed by atoms with Gasteiger partial charge in [-0.15, -0.1) is 0 Å². The number of carbonyl (C=O) groups excluding carboxylic acids is 1. The fourth-order valence-electron chi connectivity index (χ4n) is 1.46. The topological polar surface area (TPSA) is 68.8 Å². The van der Waals surface area contributed by atoms with Gasteiger partial charge in [0.25, 0.3) is 0 Å². The van der Waals surface area contributed by atoms with Crippen LogP contribution in [0.4, 0.5) is 4.79 Å². The second kappa shape index (κ2) is 15.8. The van der Waals surface area contributed by atoms with E-state index in [1.807, 2.05) is 6.92 Å². The number of nitrogens with one attached hydrogen (secondary N) is 2. The summed E-state index contributed by atoms with van der Waals surface area (Å²) in [6, 6.07) is 2.71. The standard InChI is InChI=1S/C16H30N2O4/c1-4-7-9-17-11-12-21-14-15(13-20-6-3)22-16(19)18-10-8-5-2/h15,17H,4-10,13-14H2,1-3H3,(H,18,19). The molecule has 1 amide bonds. The van der Waals surface area contributed by atoms with Gasteiger partial charge < -0.3 is 24.8 Å². The largest absolute Gasteiger partial charge is 0.441 e. The molecule has 0 spiro atoms. The molecule has 0 aromatic carbocycles. The highest BCUT2D eigenvalue weighted by molar-refractivity contribution is 5.67. The molecule has 0 aliphatic heterocycles. The minimum atomic E-state index is -0.466. The van der Waals surface area contributed by atoms with Gasteiger partial charge >= 0.3 is 6.09 Å². The summed E-state index contributed by atoms with van der Waals surface area (Å²) in [5, 5.41) is 5.64. The van der Waals surface area contributed by atoms with Gasteiger partial charge in [0.1, 0.15) is 12.7 Å². The van der Waals surface area contributed by atoms with E-state index >= 15 is 0 Å². The maximum Gasteiger partial charge on any atom is 0.407 e. The van der Waals surface area contributed by atoms with E-state index in [0.717, 1.165) is 32.2 Å². The van der Waals surface area contributed by atoms with Gasteiger partial charge in [0.05, 0.1) is 6.61 Å². The van der Waals surface area contributed by atoms with E-state index in [1.165, 1.54) is 0 Å². The monoisotopic (exact) mass is 314 g/mol. The van der Waals surface area contributed by atoms with Crippen LogP contribution in [0.3, 0.4) is 0 Å². The lowest BCUT2D eigenvalue weighted by Gasteiger charge is -2.16. The molecule has 0 aromatic heterocycles. The Morgan fingerprint density at radius 2 is 1.82 bits per heavy atom. The van der Waals surface area contributed by atoms with Crippen LogP contribution in [0, 0.1) is 12.2 Å². The average molecular weight is 314 g/mol. The average Bonchev–Trinajstić information content (AvgIpc) is 2.51. The molecular formula is C16H30N2O4. The van der Waals surface area contributed by atoms with Crippen molar-refractivity contribution in [3.63, 3.8) is 0 Å². The second-order valence-electron chi connectivity index (χ2n) is 4.79. The van der Waals surface area contributed by atoms with Crippen molar-refractivity contribution in [2.45, 2.75) is 52.6 Å². The Balaban J connectivity index is 3.97. The molecule has 128 valence electrons. The van der Waals surface area contributed by atoms with Gasteiger partial charge in [-0.25, -0.2) is 4.79 Å². The molecule has 0 saturated carbocycles. The van der Waals surface area contributed by atoms with Crippen LogP contribution in [-0.2, 0) is 14.2 Å². The maximum absolute atomic E-state index is 11.6. The van der Waals surface area contributed by atoms with Gasteiger partial charge in [0, 0.05) is 25.7 Å². The lowest BCUT2D eigenvalue weighted by atomic mass is 10.3. The van der Waals surface area contributed by atoms with Gasteiger partial charge in [0.15, 0.2) is 6.10 Å².